The van der Waals surface area contributed by atoms with Crippen LogP contribution < -0.4 is 4.74 Å². The quantitative estimate of drug-likeness (QED) is 0.320. The molecule has 1 N–H and O–H groups in total. The molecule has 5 nitrogen and oxygen atoms in total. The van der Waals surface area contributed by atoms with Crippen LogP contribution in [0.3, 0.4) is 0 Å². The van der Waals surface area contributed by atoms with Crippen LogP contribution in [-0.4, -0.2) is 28.8 Å². The number of aliphatic hydroxyl groups is 1. The Kier molecular flexibility index (Phi) is 6.20. The minimum Gasteiger partial charge on any atom is -0.507 e. The Bertz CT molecular complexity index is 1300. The molecule has 0 saturated carbocycles. The Morgan fingerprint density at radius 3 is 2.12 bits per heavy atom. The Morgan fingerprint density at radius 2 is 1.53 bits per heavy atom. The number of nitrogens with zero attached hydrogens (tertiary/aromatic N) is 1. The summed E-state index contributed by atoms with van der Waals surface area (Å²) in [5.41, 5.74) is 2.77. The average Bonchev–Trinajstić information content (AvgIpc) is 3.06. The molecule has 1 aliphatic rings. The number of likely N-dealkylation sites (tertiary alicyclic amines) is 1. The predicted molar refractivity (Wildman–Crippen MR) is 123 cm³/mol. The molecule has 7 heteroatoms. The van der Waals surface area contributed by atoms with Crippen LogP contribution >= 0.6 is 0 Å². The molecule has 4 rings (SSSR count). The summed E-state index contributed by atoms with van der Waals surface area (Å²) in [6, 6.07) is 13.5. The number of methoxy groups -OCH3 is 1. The van der Waals surface area contributed by atoms with Crippen LogP contribution in [0.5, 0.6) is 5.75 Å². The van der Waals surface area contributed by atoms with E-state index in [4.69, 9.17) is 4.74 Å². The van der Waals surface area contributed by atoms with Crippen molar-refractivity contribution in [2.75, 3.05) is 7.11 Å². The molecule has 1 aliphatic heterocycles. The average molecular weight is 463 g/mol. The summed E-state index contributed by atoms with van der Waals surface area (Å²) >= 11 is 0. The van der Waals surface area contributed by atoms with E-state index >= 15 is 0 Å². The van der Waals surface area contributed by atoms with Gasteiger partial charge in [-0.1, -0.05) is 24.3 Å². The Hall–Kier alpha value is -4.00. The number of aryl methyl sites for hydroxylation is 2. The van der Waals surface area contributed by atoms with Crippen LogP contribution in [0.25, 0.3) is 5.76 Å². The molecule has 3 aromatic rings. The zero-order chi connectivity index (χ0) is 24.6. The van der Waals surface area contributed by atoms with Gasteiger partial charge in [0.05, 0.1) is 18.7 Å². The van der Waals surface area contributed by atoms with Crippen molar-refractivity contribution in [2.24, 2.45) is 0 Å². The number of carbonyl (C=O) groups excluding carboxylic acids is 2. The molecular formula is C27H23F2NO4. The van der Waals surface area contributed by atoms with Crippen LogP contribution in [0.4, 0.5) is 8.78 Å². The third-order valence-electron chi connectivity index (χ3n) is 5.99. The fraction of sp³-hybridized carbons (Fsp3) is 0.185. The van der Waals surface area contributed by atoms with Crippen LogP contribution in [0.15, 0.2) is 66.2 Å². The lowest BCUT2D eigenvalue weighted by atomic mass is 9.93. The zero-order valence-electron chi connectivity index (χ0n) is 18.9. The molecule has 3 aromatic carbocycles. The molecule has 0 bridgehead atoms. The number of hydrogen-bond acceptors (Lipinski definition) is 4. The van der Waals surface area contributed by atoms with Gasteiger partial charge in [0.1, 0.15) is 23.1 Å². The fourth-order valence-electron chi connectivity index (χ4n) is 4.23. The molecule has 0 aliphatic carbocycles. The van der Waals surface area contributed by atoms with E-state index in [1.54, 1.807) is 26.0 Å². The van der Waals surface area contributed by atoms with Crippen LogP contribution in [0, 0.1) is 25.5 Å². The molecule has 1 unspecified atom stereocenters. The number of Topliss-reactive ketones (excluding diaryl/α,β-unsaturated/α-hetero) is 1. The first-order valence-electron chi connectivity index (χ1n) is 10.6. The molecule has 0 aromatic heterocycles. The first kappa shape index (κ1) is 23.2. The number of rotatable bonds is 5. The number of halogens is 2. The van der Waals surface area contributed by atoms with Crippen LogP contribution in [-0.2, 0) is 16.1 Å². The van der Waals surface area contributed by atoms with E-state index in [1.807, 2.05) is 0 Å². The molecule has 1 saturated heterocycles. The fourth-order valence-corrected chi connectivity index (χ4v) is 4.23. The van der Waals surface area contributed by atoms with Gasteiger partial charge in [-0.2, -0.15) is 0 Å². The molecule has 1 atom stereocenters. The number of benzene rings is 3. The number of ether oxygens (including phenoxy) is 1. The summed E-state index contributed by atoms with van der Waals surface area (Å²) < 4.78 is 32.3. The van der Waals surface area contributed by atoms with Crippen molar-refractivity contribution < 1.29 is 28.2 Å². The van der Waals surface area contributed by atoms with Crippen molar-refractivity contribution in [1.82, 2.24) is 4.90 Å². The SMILES string of the molecule is COc1cc(C)c(/C(O)=C2\C(=O)C(=O)N(Cc3ccc(F)cc3)C2c2ccc(F)cc2)cc1C. The van der Waals surface area contributed by atoms with Crippen LogP contribution in [0.2, 0.25) is 0 Å². The first-order valence-corrected chi connectivity index (χ1v) is 10.6. The topological polar surface area (TPSA) is 66.8 Å². The normalized spacial score (nSPS) is 17.3. The second kappa shape index (κ2) is 9.09. The van der Waals surface area contributed by atoms with Gasteiger partial charge in [0.25, 0.3) is 11.7 Å². The highest BCUT2D eigenvalue weighted by Gasteiger charge is 2.46. The van der Waals surface area contributed by atoms with Gasteiger partial charge < -0.3 is 14.7 Å². The molecule has 34 heavy (non-hydrogen) atoms. The maximum Gasteiger partial charge on any atom is 0.295 e. The van der Waals surface area contributed by atoms with Gasteiger partial charge in [-0.05, 0) is 72.5 Å². The Balaban J connectivity index is 1.88. The van der Waals surface area contributed by atoms with Gasteiger partial charge in [0.15, 0.2) is 0 Å². The molecule has 1 fully saturated rings. The maximum absolute atomic E-state index is 13.6. The van der Waals surface area contributed by atoms with E-state index in [2.05, 4.69) is 0 Å². The minimum absolute atomic E-state index is 0.00426. The molecule has 174 valence electrons. The van der Waals surface area contributed by atoms with E-state index in [0.717, 1.165) is 5.56 Å². The van der Waals surface area contributed by atoms with Gasteiger partial charge in [0.2, 0.25) is 0 Å². The second-order valence-corrected chi connectivity index (χ2v) is 8.24. The van der Waals surface area contributed by atoms with E-state index in [9.17, 15) is 23.5 Å². The Labute approximate surface area is 195 Å². The number of hydrogen-bond donors (Lipinski definition) is 1. The highest BCUT2D eigenvalue weighted by atomic mass is 19.1. The predicted octanol–water partition coefficient (Wildman–Crippen LogP) is 5.21. The van der Waals surface area contributed by atoms with Gasteiger partial charge in [0, 0.05) is 12.1 Å². The van der Waals surface area contributed by atoms with E-state index < -0.39 is 29.4 Å². The highest BCUT2D eigenvalue weighted by molar-refractivity contribution is 6.46. The van der Waals surface area contributed by atoms with Crippen LogP contribution in [0.1, 0.15) is 33.9 Å². The highest BCUT2D eigenvalue weighted by Crippen LogP contribution is 2.41. The largest absolute Gasteiger partial charge is 0.507 e. The third kappa shape index (κ3) is 4.17. The summed E-state index contributed by atoms with van der Waals surface area (Å²) in [6.45, 7) is 3.57. The summed E-state index contributed by atoms with van der Waals surface area (Å²) in [5.74, 6) is -2.24. The maximum atomic E-state index is 13.6. The van der Waals surface area contributed by atoms with E-state index in [-0.39, 0.29) is 17.9 Å². The lowest BCUT2D eigenvalue weighted by Gasteiger charge is -2.25. The first-order chi connectivity index (χ1) is 16.2. The molecule has 0 spiro atoms. The standard InChI is InChI=1S/C27H23F2NO4/c1-15-13-22(34-3)16(2)12-21(15)25(31)23-24(18-6-10-20(29)11-7-18)30(27(33)26(23)32)14-17-4-8-19(28)9-5-17/h4-13,24,31H,14H2,1-3H3/b25-23+. The smallest absolute Gasteiger partial charge is 0.295 e. The summed E-state index contributed by atoms with van der Waals surface area (Å²) in [6.07, 6.45) is 0. The van der Waals surface area contributed by atoms with Crippen molar-refractivity contribution in [3.8, 4) is 5.75 Å². The van der Waals surface area contributed by atoms with Gasteiger partial charge >= 0.3 is 0 Å². The number of amides is 1. The lowest BCUT2D eigenvalue weighted by molar-refractivity contribution is -0.140. The van der Waals surface area contributed by atoms with Crippen molar-refractivity contribution >= 4 is 17.4 Å². The zero-order valence-corrected chi connectivity index (χ0v) is 18.9. The summed E-state index contributed by atoms with van der Waals surface area (Å²) in [5, 5.41) is 11.3. The van der Waals surface area contributed by atoms with Crippen molar-refractivity contribution in [2.45, 2.75) is 26.4 Å². The van der Waals surface area contributed by atoms with Crippen molar-refractivity contribution in [3.63, 3.8) is 0 Å². The van der Waals surface area contributed by atoms with E-state index in [0.29, 0.717) is 28.0 Å². The molecule has 1 amide bonds. The summed E-state index contributed by atoms with van der Waals surface area (Å²) in [4.78, 5) is 27.6. The van der Waals surface area contributed by atoms with Crippen molar-refractivity contribution in [1.29, 1.82) is 0 Å². The monoisotopic (exact) mass is 463 g/mol. The molecule has 0 radical (unpaired) electrons. The number of aliphatic hydroxyl groups excluding tert-OH is 1. The summed E-state index contributed by atoms with van der Waals surface area (Å²) in [7, 11) is 1.54. The van der Waals surface area contributed by atoms with Crippen molar-refractivity contribution in [3.05, 3.63) is 106 Å². The van der Waals surface area contributed by atoms with Gasteiger partial charge in [-0.15, -0.1) is 0 Å². The number of ketones is 1. The number of carbonyl (C=O) groups is 2. The van der Waals surface area contributed by atoms with Gasteiger partial charge in [-0.25, -0.2) is 8.78 Å². The lowest BCUT2D eigenvalue weighted by Crippen LogP contribution is -2.29. The van der Waals surface area contributed by atoms with E-state index in [1.165, 1.54) is 60.5 Å². The minimum atomic E-state index is -0.951. The Morgan fingerprint density at radius 1 is 0.941 bits per heavy atom. The molecular weight excluding hydrogens is 440 g/mol. The molecule has 1 heterocycles. The third-order valence-corrected chi connectivity index (χ3v) is 5.99. The second-order valence-electron chi connectivity index (χ2n) is 8.24. The van der Waals surface area contributed by atoms with Gasteiger partial charge in [-0.3, -0.25) is 9.59 Å².